The highest BCUT2D eigenvalue weighted by Gasteiger charge is 2.46. The van der Waals surface area contributed by atoms with Gasteiger partial charge in [-0.15, -0.1) is 0 Å². The number of nitrogens with one attached hydrogen (secondary N) is 2. The second kappa shape index (κ2) is 6.23. The summed E-state index contributed by atoms with van der Waals surface area (Å²) in [6.45, 7) is 1.38. The fourth-order valence-corrected chi connectivity index (χ4v) is 3.84. The van der Waals surface area contributed by atoms with E-state index in [1.54, 1.807) is 18.2 Å². The maximum atomic E-state index is 14.8. The van der Waals surface area contributed by atoms with Gasteiger partial charge in [0.2, 0.25) is 5.91 Å². The SMILES string of the molecule is O=C(Nc1ccc2c(c1F)CCNC2)C1(c2cccc(F)c2)CCC1. The van der Waals surface area contributed by atoms with Crippen LogP contribution in [0.2, 0.25) is 0 Å². The number of rotatable bonds is 3. The smallest absolute Gasteiger partial charge is 0.235 e. The first-order chi connectivity index (χ1) is 12.1. The van der Waals surface area contributed by atoms with Crippen molar-refractivity contribution in [2.24, 2.45) is 0 Å². The normalized spacial score (nSPS) is 18.2. The maximum absolute atomic E-state index is 14.8. The van der Waals surface area contributed by atoms with Crippen LogP contribution in [0.15, 0.2) is 36.4 Å². The van der Waals surface area contributed by atoms with Crippen molar-refractivity contribution in [2.45, 2.75) is 37.6 Å². The number of hydrogen-bond acceptors (Lipinski definition) is 2. The molecule has 3 nitrogen and oxygen atoms in total. The first-order valence-electron chi connectivity index (χ1n) is 8.69. The van der Waals surface area contributed by atoms with Crippen molar-refractivity contribution in [3.63, 3.8) is 0 Å². The molecule has 5 heteroatoms. The second-order valence-electron chi connectivity index (χ2n) is 6.89. The molecule has 0 bridgehead atoms. The van der Waals surface area contributed by atoms with E-state index in [0.717, 1.165) is 18.5 Å². The van der Waals surface area contributed by atoms with Crippen molar-refractivity contribution in [1.82, 2.24) is 5.32 Å². The van der Waals surface area contributed by atoms with Gasteiger partial charge in [-0.2, -0.15) is 0 Å². The lowest BCUT2D eigenvalue weighted by Gasteiger charge is -2.40. The third kappa shape index (κ3) is 2.72. The van der Waals surface area contributed by atoms with Gasteiger partial charge in [-0.1, -0.05) is 24.6 Å². The van der Waals surface area contributed by atoms with E-state index in [9.17, 15) is 13.6 Å². The number of carbonyl (C=O) groups is 1. The van der Waals surface area contributed by atoms with Gasteiger partial charge in [0.25, 0.3) is 0 Å². The molecular weight excluding hydrogens is 322 g/mol. The maximum Gasteiger partial charge on any atom is 0.235 e. The summed E-state index contributed by atoms with van der Waals surface area (Å²) in [5, 5.41) is 5.97. The lowest BCUT2D eigenvalue weighted by Crippen LogP contribution is -2.46. The summed E-state index contributed by atoms with van der Waals surface area (Å²) in [7, 11) is 0. The van der Waals surface area contributed by atoms with Crippen molar-refractivity contribution in [3.8, 4) is 0 Å². The monoisotopic (exact) mass is 342 g/mol. The van der Waals surface area contributed by atoms with Gasteiger partial charge in [-0.05, 0) is 60.7 Å². The summed E-state index contributed by atoms with van der Waals surface area (Å²) in [6, 6.07) is 9.65. The zero-order valence-electron chi connectivity index (χ0n) is 13.9. The molecule has 0 aromatic heterocycles. The Morgan fingerprint density at radius 1 is 1.16 bits per heavy atom. The van der Waals surface area contributed by atoms with E-state index in [2.05, 4.69) is 10.6 Å². The Hall–Kier alpha value is -2.27. The van der Waals surface area contributed by atoms with Crippen LogP contribution in [0.5, 0.6) is 0 Å². The molecule has 1 saturated carbocycles. The van der Waals surface area contributed by atoms with Crippen LogP contribution in [0.4, 0.5) is 14.5 Å². The standard InChI is InChI=1S/C20H20F2N2O/c21-15-4-1-3-14(11-15)20(8-2-9-20)19(25)24-17-6-5-13-12-23-10-7-16(13)18(17)22/h1,3-6,11,23H,2,7-10,12H2,(H,24,25). The summed E-state index contributed by atoms with van der Waals surface area (Å²) >= 11 is 0. The van der Waals surface area contributed by atoms with Crippen LogP contribution in [0.1, 0.15) is 36.0 Å². The molecule has 1 fully saturated rings. The molecular formula is C20H20F2N2O. The zero-order valence-corrected chi connectivity index (χ0v) is 13.9. The van der Waals surface area contributed by atoms with Crippen molar-refractivity contribution >= 4 is 11.6 Å². The first-order valence-corrected chi connectivity index (χ1v) is 8.69. The number of fused-ring (bicyclic) bond motifs is 1. The highest BCUT2D eigenvalue weighted by molar-refractivity contribution is 6.00. The molecule has 0 atom stereocenters. The molecule has 2 aromatic carbocycles. The van der Waals surface area contributed by atoms with Crippen LogP contribution in [0.3, 0.4) is 0 Å². The number of halogens is 2. The zero-order chi connectivity index (χ0) is 17.4. The molecule has 0 unspecified atom stereocenters. The van der Waals surface area contributed by atoms with Crippen molar-refractivity contribution in [1.29, 1.82) is 0 Å². The quantitative estimate of drug-likeness (QED) is 0.894. The van der Waals surface area contributed by atoms with Crippen LogP contribution in [0, 0.1) is 11.6 Å². The van der Waals surface area contributed by atoms with E-state index in [4.69, 9.17) is 0 Å². The molecule has 1 heterocycles. The number of carbonyl (C=O) groups excluding carboxylic acids is 1. The van der Waals surface area contributed by atoms with E-state index in [0.29, 0.717) is 36.9 Å². The lowest BCUT2D eigenvalue weighted by atomic mass is 9.63. The van der Waals surface area contributed by atoms with Gasteiger partial charge in [0.1, 0.15) is 11.6 Å². The minimum atomic E-state index is -0.758. The number of amides is 1. The van der Waals surface area contributed by atoms with Gasteiger partial charge in [-0.3, -0.25) is 4.79 Å². The van der Waals surface area contributed by atoms with Gasteiger partial charge in [-0.25, -0.2) is 8.78 Å². The predicted octanol–water partition coefficient (Wildman–Crippen LogP) is 3.67. The molecule has 0 spiro atoms. The Morgan fingerprint density at radius 2 is 2.00 bits per heavy atom. The second-order valence-corrected chi connectivity index (χ2v) is 6.89. The van der Waals surface area contributed by atoms with Crippen LogP contribution in [0.25, 0.3) is 0 Å². The van der Waals surface area contributed by atoms with Gasteiger partial charge in [0.15, 0.2) is 0 Å². The Balaban J connectivity index is 1.63. The highest BCUT2D eigenvalue weighted by atomic mass is 19.1. The molecule has 2 aromatic rings. The Morgan fingerprint density at radius 3 is 2.72 bits per heavy atom. The minimum Gasteiger partial charge on any atom is -0.323 e. The van der Waals surface area contributed by atoms with Gasteiger partial charge in [0.05, 0.1) is 11.1 Å². The number of benzene rings is 2. The first kappa shape index (κ1) is 16.2. The Kier molecular flexibility index (Phi) is 4.04. The van der Waals surface area contributed by atoms with Crippen LogP contribution in [-0.2, 0) is 23.2 Å². The van der Waals surface area contributed by atoms with Gasteiger partial charge >= 0.3 is 0 Å². The van der Waals surface area contributed by atoms with E-state index >= 15 is 0 Å². The summed E-state index contributed by atoms with van der Waals surface area (Å²) in [5.41, 5.74) is 1.73. The molecule has 1 aliphatic carbocycles. The van der Waals surface area contributed by atoms with E-state index in [1.165, 1.54) is 12.1 Å². The third-order valence-corrected chi connectivity index (χ3v) is 5.47. The van der Waals surface area contributed by atoms with Gasteiger partial charge < -0.3 is 10.6 Å². The van der Waals surface area contributed by atoms with Crippen LogP contribution < -0.4 is 10.6 Å². The summed E-state index contributed by atoms with van der Waals surface area (Å²) in [6.07, 6.45) is 2.82. The average Bonchev–Trinajstić information content (AvgIpc) is 2.57. The fourth-order valence-electron chi connectivity index (χ4n) is 3.84. The minimum absolute atomic E-state index is 0.216. The topological polar surface area (TPSA) is 41.1 Å². The molecule has 0 radical (unpaired) electrons. The summed E-state index contributed by atoms with van der Waals surface area (Å²) in [5.74, 6) is -0.956. The average molecular weight is 342 g/mol. The molecule has 130 valence electrons. The molecule has 0 saturated heterocycles. The largest absolute Gasteiger partial charge is 0.323 e. The van der Waals surface area contributed by atoms with E-state index in [1.807, 2.05) is 6.07 Å². The fraction of sp³-hybridized carbons (Fsp3) is 0.350. The highest BCUT2D eigenvalue weighted by Crippen LogP contribution is 2.45. The van der Waals surface area contributed by atoms with Crippen LogP contribution in [-0.4, -0.2) is 12.5 Å². The summed E-state index contributed by atoms with van der Waals surface area (Å²) in [4.78, 5) is 12.9. The van der Waals surface area contributed by atoms with Crippen molar-refractivity contribution in [2.75, 3.05) is 11.9 Å². The van der Waals surface area contributed by atoms with E-state index in [-0.39, 0.29) is 23.2 Å². The van der Waals surface area contributed by atoms with E-state index < -0.39 is 5.41 Å². The predicted molar refractivity (Wildman–Crippen MR) is 92.4 cm³/mol. The molecule has 2 N–H and O–H groups in total. The van der Waals surface area contributed by atoms with Gasteiger partial charge in [0, 0.05) is 6.54 Å². The van der Waals surface area contributed by atoms with Crippen molar-refractivity contribution in [3.05, 3.63) is 64.7 Å². The molecule has 4 rings (SSSR count). The molecule has 25 heavy (non-hydrogen) atoms. The van der Waals surface area contributed by atoms with Crippen molar-refractivity contribution < 1.29 is 13.6 Å². The Bertz CT molecular complexity index is 830. The molecule has 1 amide bonds. The summed E-state index contributed by atoms with van der Waals surface area (Å²) < 4.78 is 28.4. The van der Waals surface area contributed by atoms with Crippen LogP contribution >= 0.6 is 0 Å². The third-order valence-electron chi connectivity index (χ3n) is 5.47. The molecule has 1 aliphatic heterocycles. The molecule has 2 aliphatic rings. The number of hydrogen-bond donors (Lipinski definition) is 2. The number of anilines is 1. The lowest BCUT2D eigenvalue weighted by molar-refractivity contribution is -0.124. The Labute approximate surface area is 145 Å².